The van der Waals surface area contributed by atoms with Crippen LogP contribution in [0, 0.1) is 0 Å². The number of H-pyrrole nitrogens is 1. The number of amides is 2. The molecule has 2 aromatic carbocycles. The monoisotopic (exact) mass is 279 g/mol. The maximum Gasteiger partial charge on any atom is 0.211 e. The molecule has 3 aromatic rings. The van der Waals surface area contributed by atoms with Gasteiger partial charge in [0.25, 0.3) is 0 Å². The summed E-state index contributed by atoms with van der Waals surface area (Å²) < 4.78 is 0. The van der Waals surface area contributed by atoms with Gasteiger partial charge < -0.3 is 15.6 Å². The average molecular weight is 279 g/mol. The van der Waals surface area contributed by atoms with E-state index >= 15 is 0 Å². The number of rotatable bonds is 5. The normalized spacial score (nSPS) is 10.3. The van der Waals surface area contributed by atoms with Crippen molar-refractivity contribution in [3.63, 3.8) is 0 Å². The van der Waals surface area contributed by atoms with Crippen LogP contribution in [0.2, 0.25) is 0 Å². The Bertz CT molecular complexity index is 791. The predicted molar refractivity (Wildman–Crippen MR) is 83.1 cm³/mol. The molecule has 1 heterocycles. The maximum absolute atomic E-state index is 10.5. The molecule has 0 bridgehead atoms. The van der Waals surface area contributed by atoms with Crippen molar-refractivity contribution in [1.29, 1.82) is 0 Å². The van der Waals surface area contributed by atoms with Gasteiger partial charge >= 0.3 is 0 Å². The molecule has 2 amide bonds. The number of carbonyl (C=O) groups excluding carboxylic acids is 2. The van der Waals surface area contributed by atoms with Crippen molar-refractivity contribution in [1.82, 2.24) is 4.98 Å². The van der Waals surface area contributed by atoms with Gasteiger partial charge in [-0.3, -0.25) is 9.59 Å². The zero-order chi connectivity index (χ0) is 14.7. The highest BCUT2D eigenvalue weighted by Crippen LogP contribution is 2.27. The molecule has 0 saturated carbocycles. The molecule has 0 fully saturated rings. The van der Waals surface area contributed by atoms with Crippen LogP contribution >= 0.6 is 0 Å². The lowest BCUT2D eigenvalue weighted by Crippen LogP contribution is -1.92. The van der Waals surface area contributed by atoms with Crippen LogP contribution in [0.5, 0.6) is 0 Å². The molecule has 21 heavy (non-hydrogen) atoms. The Morgan fingerprint density at radius 1 is 0.810 bits per heavy atom. The lowest BCUT2D eigenvalue weighted by atomic mass is 10.1. The van der Waals surface area contributed by atoms with Crippen molar-refractivity contribution < 1.29 is 9.59 Å². The van der Waals surface area contributed by atoms with Crippen molar-refractivity contribution in [2.75, 3.05) is 10.6 Å². The summed E-state index contributed by atoms with van der Waals surface area (Å²) in [5, 5.41) is 6.26. The number of benzene rings is 2. The largest absolute Gasteiger partial charge is 0.355 e. The summed E-state index contributed by atoms with van der Waals surface area (Å²) in [7, 11) is 0. The molecule has 0 aliphatic heterocycles. The fraction of sp³-hybridized carbons (Fsp3) is 0. The topological polar surface area (TPSA) is 74.0 Å². The van der Waals surface area contributed by atoms with Crippen LogP contribution in [-0.4, -0.2) is 17.8 Å². The number of carbonyl (C=O) groups is 2. The molecule has 0 saturated heterocycles. The number of anilines is 2. The third-order valence-electron chi connectivity index (χ3n) is 3.27. The standard InChI is InChI=1S/C16H13N3O2/c20-9-17-13-3-1-11(2-4-13)16-8-12-7-14(18-10-21)5-6-15(12)19-16/h1-10,19H,(H,17,20)(H,18,21). The molecule has 0 spiro atoms. The molecular weight excluding hydrogens is 266 g/mol. The number of nitrogens with one attached hydrogen (secondary N) is 3. The summed E-state index contributed by atoms with van der Waals surface area (Å²) >= 11 is 0. The van der Waals surface area contributed by atoms with Crippen LogP contribution in [0.25, 0.3) is 22.2 Å². The van der Waals surface area contributed by atoms with Gasteiger partial charge in [-0.25, -0.2) is 0 Å². The summed E-state index contributed by atoms with van der Waals surface area (Å²) in [6.45, 7) is 0. The molecule has 0 aliphatic carbocycles. The first-order valence-electron chi connectivity index (χ1n) is 6.44. The Labute approximate surface area is 121 Å². The van der Waals surface area contributed by atoms with Gasteiger partial charge in [-0.2, -0.15) is 0 Å². The minimum atomic E-state index is 0.652. The first-order chi connectivity index (χ1) is 10.3. The summed E-state index contributed by atoms with van der Waals surface area (Å²) in [5.74, 6) is 0. The molecule has 1 aromatic heterocycles. The van der Waals surface area contributed by atoms with Gasteiger partial charge in [0.15, 0.2) is 0 Å². The van der Waals surface area contributed by atoms with E-state index in [0.717, 1.165) is 33.5 Å². The van der Waals surface area contributed by atoms with E-state index < -0.39 is 0 Å². The smallest absolute Gasteiger partial charge is 0.211 e. The highest BCUT2D eigenvalue weighted by atomic mass is 16.1. The lowest BCUT2D eigenvalue weighted by molar-refractivity contribution is -0.106. The van der Waals surface area contributed by atoms with E-state index in [4.69, 9.17) is 0 Å². The van der Waals surface area contributed by atoms with Gasteiger partial charge in [-0.15, -0.1) is 0 Å². The van der Waals surface area contributed by atoms with Crippen LogP contribution in [0.3, 0.4) is 0 Å². The molecule has 0 radical (unpaired) electrons. The molecule has 5 heteroatoms. The number of aromatic nitrogens is 1. The SMILES string of the molecule is O=CNc1ccc(-c2cc3cc(NC=O)ccc3[nH]2)cc1. The Morgan fingerprint density at radius 3 is 2.19 bits per heavy atom. The fourth-order valence-electron chi connectivity index (χ4n) is 2.26. The van der Waals surface area contributed by atoms with Crippen LogP contribution in [0.4, 0.5) is 11.4 Å². The molecule has 0 atom stereocenters. The van der Waals surface area contributed by atoms with E-state index in [1.165, 1.54) is 0 Å². The van der Waals surface area contributed by atoms with Gasteiger partial charge in [0, 0.05) is 28.0 Å². The minimum Gasteiger partial charge on any atom is -0.355 e. The van der Waals surface area contributed by atoms with Gasteiger partial charge in [0.2, 0.25) is 12.8 Å². The van der Waals surface area contributed by atoms with Crippen molar-refractivity contribution in [3.05, 3.63) is 48.5 Å². The number of aromatic amines is 1. The second-order valence-corrected chi connectivity index (χ2v) is 4.59. The first-order valence-corrected chi connectivity index (χ1v) is 6.44. The van der Waals surface area contributed by atoms with Crippen LogP contribution in [-0.2, 0) is 9.59 Å². The molecule has 3 N–H and O–H groups in total. The van der Waals surface area contributed by atoms with Crippen molar-refractivity contribution >= 4 is 35.1 Å². The quantitative estimate of drug-likeness (QED) is 0.628. The van der Waals surface area contributed by atoms with Crippen LogP contribution in [0.1, 0.15) is 0 Å². The molecular formula is C16H13N3O2. The number of fused-ring (bicyclic) bond motifs is 1. The summed E-state index contributed by atoms with van der Waals surface area (Å²) in [6.07, 6.45) is 1.31. The van der Waals surface area contributed by atoms with E-state index in [1.807, 2.05) is 48.5 Å². The Morgan fingerprint density at radius 2 is 1.48 bits per heavy atom. The van der Waals surface area contributed by atoms with Gasteiger partial charge in [-0.05, 0) is 42.0 Å². The highest BCUT2D eigenvalue weighted by Gasteiger charge is 2.04. The predicted octanol–water partition coefficient (Wildman–Crippen LogP) is 2.97. The van der Waals surface area contributed by atoms with Crippen molar-refractivity contribution in [3.8, 4) is 11.3 Å². The average Bonchev–Trinajstić information content (AvgIpc) is 2.92. The second-order valence-electron chi connectivity index (χ2n) is 4.59. The molecule has 0 aliphatic rings. The number of hydrogen-bond donors (Lipinski definition) is 3. The first kappa shape index (κ1) is 12.9. The van der Waals surface area contributed by atoms with Crippen LogP contribution in [0.15, 0.2) is 48.5 Å². The Hall–Kier alpha value is -3.08. The van der Waals surface area contributed by atoms with Crippen LogP contribution < -0.4 is 10.6 Å². The Balaban J connectivity index is 1.96. The van der Waals surface area contributed by atoms with Gasteiger partial charge in [0.1, 0.15) is 0 Å². The van der Waals surface area contributed by atoms with E-state index in [2.05, 4.69) is 15.6 Å². The van der Waals surface area contributed by atoms with Gasteiger partial charge in [0.05, 0.1) is 0 Å². The van der Waals surface area contributed by atoms with E-state index in [0.29, 0.717) is 12.8 Å². The number of hydrogen-bond acceptors (Lipinski definition) is 2. The van der Waals surface area contributed by atoms with E-state index in [-0.39, 0.29) is 0 Å². The molecule has 3 rings (SSSR count). The van der Waals surface area contributed by atoms with E-state index in [1.54, 1.807) is 0 Å². The Kier molecular flexibility index (Phi) is 3.39. The highest BCUT2D eigenvalue weighted by molar-refractivity contribution is 5.90. The second kappa shape index (κ2) is 5.50. The summed E-state index contributed by atoms with van der Waals surface area (Å²) in [6, 6.07) is 15.2. The lowest BCUT2D eigenvalue weighted by Gasteiger charge is -2.00. The summed E-state index contributed by atoms with van der Waals surface area (Å²) in [5.41, 5.74) is 4.51. The molecule has 5 nitrogen and oxygen atoms in total. The van der Waals surface area contributed by atoms with E-state index in [9.17, 15) is 9.59 Å². The third-order valence-corrected chi connectivity index (χ3v) is 3.27. The zero-order valence-electron chi connectivity index (χ0n) is 11.1. The summed E-state index contributed by atoms with van der Waals surface area (Å²) in [4.78, 5) is 24.2. The fourth-order valence-corrected chi connectivity index (χ4v) is 2.26. The minimum absolute atomic E-state index is 0.652. The zero-order valence-corrected chi connectivity index (χ0v) is 11.1. The van der Waals surface area contributed by atoms with Gasteiger partial charge in [-0.1, -0.05) is 12.1 Å². The molecule has 0 unspecified atom stereocenters. The van der Waals surface area contributed by atoms with Crippen molar-refractivity contribution in [2.24, 2.45) is 0 Å². The maximum atomic E-state index is 10.5. The molecule has 104 valence electrons. The third kappa shape index (κ3) is 2.62. The van der Waals surface area contributed by atoms with Crippen molar-refractivity contribution in [2.45, 2.75) is 0 Å².